The fourth-order valence-corrected chi connectivity index (χ4v) is 3.43. The van der Waals surface area contributed by atoms with E-state index in [0.717, 1.165) is 32.3 Å². The summed E-state index contributed by atoms with van der Waals surface area (Å²) in [4.78, 5) is 63.0. The third kappa shape index (κ3) is 27.6. The second-order valence-corrected chi connectivity index (χ2v) is 10.2. The van der Waals surface area contributed by atoms with Crippen LogP contribution in [0.25, 0.3) is 24.3 Å². The lowest BCUT2D eigenvalue weighted by atomic mass is 10.1. The Kier molecular flexibility index (Phi) is 24.7. The second kappa shape index (κ2) is 28.5. The van der Waals surface area contributed by atoms with Crippen molar-refractivity contribution in [3.8, 4) is 0 Å². The van der Waals surface area contributed by atoms with Gasteiger partial charge in [-0.3, -0.25) is 0 Å². The Bertz CT molecular complexity index is 1740. The van der Waals surface area contributed by atoms with Gasteiger partial charge in [-0.2, -0.15) is 0 Å². The highest BCUT2D eigenvalue weighted by molar-refractivity contribution is 6.32. The Morgan fingerprint density at radius 1 is 0.444 bits per heavy atom. The maximum atomic E-state index is 9.55. The molecule has 54 heavy (non-hydrogen) atoms. The van der Waals surface area contributed by atoms with Gasteiger partial charge in [0.15, 0.2) is 24.8 Å². The lowest BCUT2D eigenvalue weighted by Crippen LogP contribution is -2.19. The zero-order valence-corrected chi connectivity index (χ0v) is 29.3. The van der Waals surface area contributed by atoms with E-state index in [1.807, 2.05) is 122 Å². The maximum Gasteiger partial charge on any atom is 0.328 e. The predicted molar refractivity (Wildman–Crippen MR) is 195 cm³/mol. The van der Waals surface area contributed by atoms with Crippen molar-refractivity contribution in [2.75, 3.05) is 0 Å². The maximum absolute atomic E-state index is 9.55. The number of aromatic nitrogens is 2. The Labute approximate surface area is 318 Å². The summed E-state index contributed by atoms with van der Waals surface area (Å²) in [7, 11) is 0. The standard InChI is InChI=1S/2C13H10ClN.3C4H4O4/c2*14-13-4-2-1-3-12(13)6-5-11-7-9-15-10-8-11;3*5-3(6)1-2-4(7)8/h2*1-10H;3*1-2H,(H,5,6)(H,7,8)/b2*6-5+;2-1+;2*2-1-. The van der Waals surface area contributed by atoms with E-state index < -0.39 is 35.8 Å². The van der Waals surface area contributed by atoms with Crippen LogP contribution in [0.4, 0.5) is 0 Å². The van der Waals surface area contributed by atoms with Crippen LogP contribution < -0.4 is 20.2 Å². The van der Waals surface area contributed by atoms with Crippen LogP contribution in [0.1, 0.15) is 22.3 Å². The minimum absolute atomic E-state index is 0.447. The molecule has 4 rings (SSSR count). The van der Waals surface area contributed by atoms with Gasteiger partial charge in [0.1, 0.15) is 0 Å². The zero-order chi connectivity index (χ0) is 40.7. The van der Waals surface area contributed by atoms with Gasteiger partial charge in [0.05, 0.1) is 11.9 Å². The van der Waals surface area contributed by atoms with Gasteiger partial charge in [-0.1, -0.05) is 83.9 Å². The number of carboxylic acids is 6. The van der Waals surface area contributed by atoms with Gasteiger partial charge < -0.3 is 40.2 Å². The highest BCUT2D eigenvalue weighted by atomic mass is 35.5. The number of H-pyrrole nitrogens is 2. The molecule has 0 bridgehead atoms. The fraction of sp³-hybridized carbons (Fsp3) is 0. The molecule has 0 fully saturated rings. The molecule has 0 unspecified atom stereocenters. The summed E-state index contributed by atoms with van der Waals surface area (Å²) in [5.74, 6) is -8.12. The van der Waals surface area contributed by atoms with E-state index in [9.17, 15) is 39.0 Å². The van der Waals surface area contributed by atoms with Crippen molar-refractivity contribution in [3.05, 3.63) is 166 Å². The Morgan fingerprint density at radius 2 is 0.722 bits per heavy atom. The summed E-state index contributed by atoms with van der Waals surface area (Å²) < 4.78 is 0. The van der Waals surface area contributed by atoms with Crippen LogP contribution in [-0.2, 0) is 28.8 Å². The first-order valence-electron chi connectivity index (χ1n) is 14.8. The molecule has 0 saturated heterocycles. The Hall–Kier alpha value is -7.16. The molecule has 0 aliphatic heterocycles. The number of aromatic amines is 2. The first-order valence-corrected chi connectivity index (χ1v) is 15.5. The number of carboxylic acid groups (broad SMARTS) is 6. The highest BCUT2D eigenvalue weighted by Gasteiger charge is 1.95. The number of pyridine rings is 2. The van der Waals surface area contributed by atoms with Crippen LogP contribution in [0.2, 0.25) is 10.0 Å². The first-order chi connectivity index (χ1) is 25.6. The van der Waals surface area contributed by atoms with Crippen molar-refractivity contribution in [2.45, 2.75) is 0 Å². The number of carbonyl (C=O) groups excluding carboxylic acids is 2. The van der Waals surface area contributed by atoms with E-state index in [4.69, 9.17) is 43.6 Å². The van der Waals surface area contributed by atoms with Gasteiger partial charge in [-0.25, -0.2) is 29.1 Å². The summed E-state index contributed by atoms with van der Waals surface area (Å²) in [6.45, 7) is 0. The third-order valence-electron chi connectivity index (χ3n) is 5.30. The zero-order valence-electron chi connectivity index (χ0n) is 27.8. The molecule has 14 nitrogen and oxygen atoms in total. The molecule has 2 heterocycles. The van der Waals surface area contributed by atoms with Crippen molar-refractivity contribution in [1.29, 1.82) is 0 Å². The quantitative estimate of drug-likeness (QED) is 0.169. The molecule has 2 aromatic heterocycles. The number of hydrogen-bond acceptors (Lipinski definition) is 8. The molecule has 16 heteroatoms. The number of carbonyl (C=O) groups is 6. The van der Waals surface area contributed by atoms with E-state index in [1.54, 1.807) is 0 Å². The summed E-state index contributed by atoms with van der Waals surface area (Å²) in [6, 6.07) is 23.6. The molecule has 0 aliphatic carbocycles. The van der Waals surface area contributed by atoms with Crippen molar-refractivity contribution in [2.24, 2.45) is 0 Å². The number of rotatable bonds is 10. The average molecular weight is 780 g/mol. The van der Waals surface area contributed by atoms with Crippen molar-refractivity contribution < 1.29 is 69.4 Å². The molecule has 4 aromatic rings. The van der Waals surface area contributed by atoms with Gasteiger partial charge in [0, 0.05) is 58.6 Å². The van der Waals surface area contributed by atoms with Crippen LogP contribution in [-0.4, -0.2) is 56.2 Å². The lowest BCUT2D eigenvalue weighted by molar-refractivity contribution is -0.378. The van der Waals surface area contributed by atoms with E-state index in [-0.39, 0.29) is 0 Å². The summed E-state index contributed by atoms with van der Waals surface area (Å²) in [5, 5.41) is 51.6. The van der Waals surface area contributed by atoms with Crippen LogP contribution in [0.15, 0.2) is 134 Å². The molecular formula is C38H32Cl2N2O12. The smallest absolute Gasteiger partial charge is 0.328 e. The molecule has 280 valence electrons. The summed E-state index contributed by atoms with van der Waals surface area (Å²) in [6.07, 6.45) is 18.7. The van der Waals surface area contributed by atoms with Gasteiger partial charge in [0.25, 0.3) is 0 Å². The van der Waals surface area contributed by atoms with Gasteiger partial charge >= 0.3 is 23.9 Å². The minimum Gasteiger partial charge on any atom is -0.545 e. The molecule has 0 amide bonds. The number of halogens is 2. The van der Waals surface area contributed by atoms with Gasteiger partial charge in [-0.05, 0) is 46.5 Å². The Morgan fingerprint density at radius 3 is 0.963 bits per heavy atom. The average Bonchev–Trinajstić information content (AvgIpc) is 3.13. The second-order valence-electron chi connectivity index (χ2n) is 9.37. The Balaban J connectivity index is 0.000000677. The monoisotopic (exact) mass is 778 g/mol. The number of benzene rings is 2. The van der Waals surface area contributed by atoms with Crippen LogP contribution in [0.3, 0.4) is 0 Å². The summed E-state index contributed by atoms with van der Waals surface area (Å²) in [5.41, 5.74) is 4.36. The SMILES string of the molecule is Clc1ccccc1/C=C/c1cc[nH+]cc1.Clc1ccccc1/C=C/c1cc[nH+]cc1.O=C(O)/C=C/C(=O)O.O=C([O-])/C=C\C(=O)O.O=C([O-])/C=C\C(=O)O. The third-order valence-corrected chi connectivity index (χ3v) is 5.99. The molecule has 6 N–H and O–H groups in total. The number of nitrogens with one attached hydrogen (secondary N) is 2. The van der Waals surface area contributed by atoms with Crippen molar-refractivity contribution >= 4 is 83.3 Å². The van der Waals surface area contributed by atoms with Crippen LogP contribution >= 0.6 is 23.2 Å². The van der Waals surface area contributed by atoms with Gasteiger partial charge in [-0.15, -0.1) is 0 Å². The van der Waals surface area contributed by atoms with Gasteiger partial charge in [0.2, 0.25) is 0 Å². The molecule has 0 atom stereocenters. The highest BCUT2D eigenvalue weighted by Crippen LogP contribution is 2.18. The molecule has 0 spiro atoms. The fourth-order valence-electron chi connectivity index (χ4n) is 3.04. The van der Waals surface area contributed by atoms with Crippen molar-refractivity contribution in [1.82, 2.24) is 0 Å². The largest absolute Gasteiger partial charge is 0.545 e. The topological polar surface area (TPSA) is 258 Å². The first kappa shape index (κ1) is 46.8. The van der Waals surface area contributed by atoms with Crippen LogP contribution in [0.5, 0.6) is 0 Å². The summed E-state index contributed by atoms with van der Waals surface area (Å²) >= 11 is 12.1. The molecule has 0 aliphatic rings. The molecule has 2 aromatic carbocycles. The van der Waals surface area contributed by atoms with Crippen molar-refractivity contribution in [3.63, 3.8) is 0 Å². The van der Waals surface area contributed by atoms with Crippen LogP contribution in [0, 0.1) is 0 Å². The predicted octanol–water partition coefficient (Wildman–Crippen LogP) is 3.12. The number of hydrogen-bond donors (Lipinski definition) is 4. The van der Waals surface area contributed by atoms with E-state index in [2.05, 4.69) is 9.97 Å². The lowest BCUT2D eigenvalue weighted by Gasteiger charge is -1.95. The van der Waals surface area contributed by atoms with E-state index in [0.29, 0.717) is 36.5 Å². The normalized spacial score (nSPS) is 10.2. The minimum atomic E-state index is -1.51. The number of aliphatic carboxylic acids is 6. The van der Waals surface area contributed by atoms with E-state index >= 15 is 0 Å². The molecular weight excluding hydrogens is 747 g/mol. The molecule has 0 radical (unpaired) electrons. The molecule has 0 saturated carbocycles. The van der Waals surface area contributed by atoms with E-state index in [1.165, 1.54) is 0 Å².